The number of ether oxygens (including phenoxy) is 4. The van der Waals surface area contributed by atoms with Crippen molar-refractivity contribution < 1.29 is 32.2 Å². The van der Waals surface area contributed by atoms with Gasteiger partial charge < -0.3 is 23.8 Å². The molecular formula is C38H51ClN2O7S. The van der Waals surface area contributed by atoms with Crippen molar-refractivity contribution in [3.8, 4) is 5.75 Å². The van der Waals surface area contributed by atoms with Crippen molar-refractivity contribution in [3.05, 3.63) is 64.7 Å². The summed E-state index contributed by atoms with van der Waals surface area (Å²) in [6.07, 6.45) is 9.69. The molecule has 1 fully saturated rings. The number of allylic oxidation sites excluding steroid dienone is 1. The van der Waals surface area contributed by atoms with E-state index in [0.29, 0.717) is 58.3 Å². The van der Waals surface area contributed by atoms with Crippen LogP contribution in [0.2, 0.25) is 5.02 Å². The number of carbonyl (C=O) groups is 1. The molecular weight excluding hydrogens is 664 g/mol. The van der Waals surface area contributed by atoms with E-state index in [-0.39, 0.29) is 28.1 Å². The van der Waals surface area contributed by atoms with E-state index in [1.807, 2.05) is 19.9 Å². The van der Waals surface area contributed by atoms with Crippen molar-refractivity contribution in [3.63, 3.8) is 0 Å². The van der Waals surface area contributed by atoms with Crippen molar-refractivity contribution in [1.29, 1.82) is 0 Å². The van der Waals surface area contributed by atoms with E-state index in [1.165, 1.54) is 11.1 Å². The fourth-order valence-electron chi connectivity index (χ4n) is 8.25. The molecule has 2 aliphatic carbocycles. The number of hydrogen-bond acceptors (Lipinski definition) is 8. The van der Waals surface area contributed by atoms with E-state index < -0.39 is 27.4 Å². The van der Waals surface area contributed by atoms with Gasteiger partial charge in [0.05, 0.1) is 37.0 Å². The number of hydrogen-bond donors (Lipinski definition) is 1. The second-order valence-corrected chi connectivity index (χ2v) is 16.6. The lowest BCUT2D eigenvalue weighted by Gasteiger charge is -2.50. The highest BCUT2D eigenvalue weighted by molar-refractivity contribution is 7.90. The van der Waals surface area contributed by atoms with E-state index in [0.717, 1.165) is 42.8 Å². The Labute approximate surface area is 296 Å². The Bertz CT molecular complexity index is 1650. The van der Waals surface area contributed by atoms with Crippen LogP contribution in [0.3, 0.4) is 0 Å². The van der Waals surface area contributed by atoms with Crippen molar-refractivity contribution in [2.24, 2.45) is 23.7 Å². The first-order valence-electron chi connectivity index (χ1n) is 17.8. The van der Waals surface area contributed by atoms with Crippen LogP contribution < -0.4 is 14.4 Å². The number of fused-ring (bicyclic) bond motifs is 4. The molecule has 2 aromatic rings. The van der Waals surface area contributed by atoms with Gasteiger partial charge in [-0.1, -0.05) is 43.7 Å². The SMILES string of the molecule is CCOCCOC[C@]1(OC)/C=C/C[C@H](C)[C@@H](C)C(=O)NS(=O)(=O)c2ccc3c(c2)N(C[C@@H]2CC[C@H]21)C[C@@]1(CCCc2cc(Cl)ccc21)CO3. The second kappa shape index (κ2) is 14.9. The van der Waals surface area contributed by atoms with Crippen LogP contribution in [0.1, 0.15) is 64.0 Å². The second-order valence-electron chi connectivity index (χ2n) is 14.5. The molecule has 11 heteroatoms. The predicted octanol–water partition coefficient (Wildman–Crippen LogP) is 6.31. The van der Waals surface area contributed by atoms with Crippen LogP contribution in [0.15, 0.2) is 53.4 Å². The molecule has 0 saturated heterocycles. The van der Waals surface area contributed by atoms with Gasteiger partial charge in [-0.15, -0.1) is 0 Å². The maximum absolute atomic E-state index is 13.7. The lowest BCUT2D eigenvalue weighted by atomic mass is 9.64. The van der Waals surface area contributed by atoms with Crippen LogP contribution in [0.5, 0.6) is 5.75 Å². The summed E-state index contributed by atoms with van der Waals surface area (Å²) >= 11 is 6.46. The first kappa shape index (κ1) is 36.2. The smallest absolute Gasteiger partial charge is 0.264 e. The molecule has 1 saturated carbocycles. The highest BCUT2D eigenvalue weighted by Crippen LogP contribution is 2.49. The summed E-state index contributed by atoms with van der Waals surface area (Å²) in [6, 6.07) is 11.2. The van der Waals surface area contributed by atoms with E-state index >= 15 is 0 Å². The van der Waals surface area contributed by atoms with E-state index in [1.54, 1.807) is 32.2 Å². The van der Waals surface area contributed by atoms with Gasteiger partial charge in [0.2, 0.25) is 5.91 Å². The lowest BCUT2D eigenvalue weighted by molar-refractivity contribution is -0.124. The fraction of sp³-hybridized carbons (Fsp3) is 0.605. The monoisotopic (exact) mass is 714 g/mol. The average molecular weight is 715 g/mol. The molecule has 0 aromatic heterocycles. The summed E-state index contributed by atoms with van der Waals surface area (Å²) in [5.74, 6) is -0.115. The zero-order valence-corrected chi connectivity index (χ0v) is 30.8. The Kier molecular flexibility index (Phi) is 11.0. The number of nitrogens with one attached hydrogen (secondary N) is 1. The van der Waals surface area contributed by atoms with Crippen molar-refractivity contribution in [1.82, 2.24) is 4.72 Å². The maximum atomic E-state index is 13.7. The van der Waals surface area contributed by atoms with E-state index in [9.17, 15) is 13.2 Å². The third-order valence-corrected chi connectivity index (χ3v) is 13.1. The summed E-state index contributed by atoms with van der Waals surface area (Å²) < 4.78 is 54.5. The summed E-state index contributed by atoms with van der Waals surface area (Å²) in [5, 5.41) is 0.726. The number of rotatable bonds is 7. The maximum Gasteiger partial charge on any atom is 0.264 e. The van der Waals surface area contributed by atoms with Crippen LogP contribution in [0.4, 0.5) is 5.69 Å². The van der Waals surface area contributed by atoms with Crippen molar-refractivity contribution >= 4 is 33.2 Å². The lowest BCUT2D eigenvalue weighted by Crippen LogP contribution is -2.54. The largest absolute Gasteiger partial charge is 0.490 e. The number of benzene rings is 2. The number of sulfonamides is 1. The molecule has 268 valence electrons. The molecule has 1 N–H and O–H groups in total. The zero-order valence-electron chi connectivity index (χ0n) is 29.2. The Morgan fingerprint density at radius 2 is 1.92 bits per heavy atom. The molecule has 4 aliphatic rings. The normalized spacial score (nSPS) is 31.8. The molecule has 2 aliphatic heterocycles. The number of anilines is 1. The molecule has 49 heavy (non-hydrogen) atoms. The van der Waals surface area contributed by atoms with Crippen molar-refractivity contribution in [2.45, 2.75) is 75.2 Å². The summed E-state index contributed by atoms with van der Waals surface area (Å²) in [6.45, 7) is 9.53. The first-order valence-corrected chi connectivity index (χ1v) is 19.6. The van der Waals surface area contributed by atoms with Gasteiger partial charge >= 0.3 is 0 Å². The molecule has 9 nitrogen and oxygen atoms in total. The number of amides is 1. The number of aryl methyl sites for hydroxylation is 1. The van der Waals surface area contributed by atoms with Gasteiger partial charge in [-0.05, 0) is 105 Å². The van der Waals surface area contributed by atoms with Crippen LogP contribution in [0, 0.1) is 23.7 Å². The molecule has 2 aromatic carbocycles. The summed E-state index contributed by atoms with van der Waals surface area (Å²) in [5.41, 5.74) is 2.23. The van der Waals surface area contributed by atoms with Crippen LogP contribution in [-0.2, 0) is 40.9 Å². The van der Waals surface area contributed by atoms with E-state index in [4.69, 9.17) is 30.5 Å². The Morgan fingerprint density at radius 1 is 1.10 bits per heavy atom. The molecule has 6 atom stereocenters. The van der Waals surface area contributed by atoms with Gasteiger partial charge in [-0.3, -0.25) is 4.79 Å². The minimum Gasteiger partial charge on any atom is -0.490 e. The number of halogens is 1. The Morgan fingerprint density at radius 3 is 2.67 bits per heavy atom. The quantitative estimate of drug-likeness (QED) is 0.263. The highest BCUT2D eigenvalue weighted by atomic mass is 35.5. The number of carbonyl (C=O) groups excluding carboxylic acids is 1. The van der Waals surface area contributed by atoms with Crippen LogP contribution in [0.25, 0.3) is 0 Å². The zero-order chi connectivity index (χ0) is 34.8. The third kappa shape index (κ3) is 7.40. The molecule has 2 heterocycles. The van der Waals surface area contributed by atoms with Gasteiger partial charge in [-0.2, -0.15) is 0 Å². The van der Waals surface area contributed by atoms with Gasteiger partial charge in [0.25, 0.3) is 10.0 Å². The Balaban J connectivity index is 1.42. The minimum absolute atomic E-state index is 0.0471. The fourth-order valence-corrected chi connectivity index (χ4v) is 9.53. The van der Waals surface area contributed by atoms with Gasteiger partial charge in [0.15, 0.2) is 0 Å². The summed E-state index contributed by atoms with van der Waals surface area (Å²) in [7, 11) is -2.37. The van der Waals surface area contributed by atoms with Crippen molar-refractivity contribution in [2.75, 3.05) is 58.1 Å². The van der Waals surface area contributed by atoms with Crippen LogP contribution in [-0.4, -0.2) is 73.2 Å². The Hall–Kier alpha value is -2.63. The summed E-state index contributed by atoms with van der Waals surface area (Å²) in [4.78, 5) is 15.7. The topological polar surface area (TPSA) is 103 Å². The molecule has 1 spiro atoms. The number of methoxy groups -OCH3 is 1. The molecule has 1 amide bonds. The molecule has 2 bridgehead atoms. The third-order valence-electron chi connectivity index (χ3n) is 11.5. The number of nitrogens with zero attached hydrogens (tertiary/aromatic N) is 1. The standard InChI is InChI=1S/C38H51ClN2O7S/c1-5-46-18-19-47-25-38(45-4)17-6-8-26(2)27(3)36(42)40-49(43,44)31-12-15-35-34(21-31)41(22-29-10-13-33(29)38)23-37(24-48-35)16-7-9-28-20-30(39)11-14-32(28)37/h6,11-12,14-15,17,20-21,26-27,29,33H,5,7-10,13,16,18-19,22-25H2,1-4H3,(H,40,42)/b17-6+/t26-,27+,29-,33+,37-,38+/m0/s1. The average Bonchev–Trinajstić information content (AvgIpc) is 3.22. The first-order chi connectivity index (χ1) is 23.5. The highest BCUT2D eigenvalue weighted by Gasteiger charge is 2.49. The van der Waals surface area contributed by atoms with Gasteiger partial charge in [-0.25, -0.2) is 13.1 Å². The van der Waals surface area contributed by atoms with Crippen LogP contribution >= 0.6 is 11.6 Å². The van der Waals surface area contributed by atoms with E-state index in [2.05, 4.69) is 33.9 Å². The van der Waals surface area contributed by atoms with Gasteiger partial charge in [0, 0.05) is 43.2 Å². The molecule has 0 unspecified atom stereocenters. The van der Waals surface area contributed by atoms with Gasteiger partial charge in [0.1, 0.15) is 11.4 Å². The molecule has 0 radical (unpaired) electrons. The molecule has 6 rings (SSSR count). The minimum atomic E-state index is -4.13. The predicted molar refractivity (Wildman–Crippen MR) is 191 cm³/mol.